The van der Waals surface area contributed by atoms with E-state index in [9.17, 15) is 8.42 Å². The summed E-state index contributed by atoms with van der Waals surface area (Å²) in [6.45, 7) is 9.14. The standard InChI is InChI=1S/C17H26N2O2S2/c1-12(2)10-19(15-8-9-23(20,21)11-15)17(22)18-16-7-5-6-13(3)14(16)4/h5-7,12,15H,8-11H2,1-4H3,(H,18,22)/t15-/m1/s1. The highest BCUT2D eigenvalue weighted by Crippen LogP contribution is 2.22. The average molecular weight is 355 g/mol. The molecule has 1 aromatic carbocycles. The first-order valence-electron chi connectivity index (χ1n) is 8.04. The molecule has 0 amide bonds. The van der Waals surface area contributed by atoms with Crippen LogP contribution in [0.25, 0.3) is 0 Å². The summed E-state index contributed by atoms with van der Waals surface area (Å²) >= 11 is 5.61. The zero-order chi connectivity index (χ0) is 17.2. The van der Waals surface area contributed by atoms with Gasteiger partial charge >= 0.3 is 0 Å². The Bertz CT molecular complexity index is 684. The number of thiocarbonyl (C=S) groups is 1. The van der Waals surface area contributed by atoms with E-state index in [1.165, 1.54) is 11.1 Å². The molecule has 1 aliphatic rings. The van der Waals surface area contributed by atoms with Gasteiger partial charge in [0.2, 0.25) is 0 Å². The predicted molar refractivity (Wildman–Crippen MR) is 101 cm³/mol. The van der Waals surface area contributed by atoms with E-state index in [0.29, 0.717) is 17.5 Å². The molecular weight excluding hydrogens is 328 g/mol. The third-order valence-electron chi connectivity index (χ3n) is 4.32. The highest BCUT2D eigenvalue weighted by atomic mass is 32.2. The van der Waals surface area contributed by atoms with Crippen molar-refractivity contribution in [3.63, 3.8) is 0 Å². The lowest BCUT2D eigenvalue weighted by Crippen LogP contribution is -2.45. The molecule has 128 valence electrons. The fourth-order valence-corrected chi connectivity index (χ4v) is 4.95. The van der Waals surface area contributed by atoms with Crippen LogP contribution in [0.15, 0.2) is 18.2 Å². The van der Waals surface area contributed by atoms with Crippen LogP contribution in [-0.2, 0) is 9.84 Å². The smallest absolute Gasteiger partial charge is 0.173 e. The summed E-state index contributed by atoms with van der Waals surface area (Å²) in [6, 6.07) is 6.06. The summed E-state index contributed by atoms with van der Waals surface area (Å²) in [5, 5.41) is 3.94. The maximum atomic E-state index is 11.8. The van der Waals surface area contributed by atoms with Crippen LogP contribution in [0.3, 0.4) is 0 Å². The van der Waals surface area contributed by atoms with E-state index in [1.807, 2.05) is 12.1 Å². The van der Waals surface area contributed by atoms with Gasteiger partial charge in [-0.25, -0.2) is 8.42 Å². The van der Waals surface area contributed by atoms with Crippen LogP contribution in [0.5, 0.6) is 0 Å². The summed E-state index contributed by atoms with van der Waals surface area (Å²) in [4.78, 5) is 2.06. The van der Waals surface area contributed by atoms with Gasteiger partial charge in [0.05, 0.1) is 11.5 Å². The lowest BCUT2D eigenvalue weighted by atomic mass is 10.1. The summed E-state index contributed by atoms with van der Waals surface area (Å²) < 4.78 is 23.6. The number of sulfone groups is 1. The molecule has 0 radical (unpaired) electrons. The number of nitrogens with one attached hydrogen (secondary N) is 1. The van der Waals surface area contributed by atoms with Crippen LogP contribution in [0, 0.1) is 19.8 Å². The van der Waals surface area contributed by atoms with E-state index >= 15 is 0 Å². The first-order valence-corrected chi connectivity index (χ1v) is 10.3. The molecule has 1 N–H and O–H groups in total. The van der Waals surface area contributed by atoms with E-state index < -0.39 is 9.84 Å². The summed E-state index contributed by atoms with van der Waals surface area (Å²) in [7, 11) is -2.93. The van der Waals surface area contributed by atoms with Crippen LogP contribution in [0.1, 0.15) is 31.4 Å². The Morgan fingerprint density at radius 1 is 1.39 bits per heavy atom. The van der Waals surface area contributed by atoms with E-state index in [2.05, 4.69) is 44.0 Å². The number of anilines is 1. The van der Waals surface area contributed by atoms with Crippen LogP contribution in [0.2, 0.25) is 0 Å². The molecule has 1 aromatic rings. The average Bonchev–Trinajstić information content (AvgIpc) is 2.81. The minimum atomic E-state index is -2.93. The van der Waals surface area contributed by atoms with E-state index in [1.54, 1.807) is 0 Å². The lowest BCUT2D eigenvalue weighted by Gasteiger charge is -2.32. The molecule has 0 aromatic heterocycles. The van der Waals surface area contributed by atoms with Gasteiger partial charge in [-0.1, -0.05) is 26.0 Å². The van der Waals surface area contributed by atoms with Gasteiger partial charge in [0.25, 0.3) is 0 Å². The largest absolute Gasteiger partial charge is 0.345 e. The van der Waals surface area contributed by atoms with E-state index in [4.69, 9.17) is 12.2 Å². The van der Waals surface area contributed by atoms with Gasteiger partial charge in [-0.2, -0.15) is 0 Å². The first-order chi connectivity index (χ1) is 10.7. The summed E-state index contributed by atoms with van der Waals surface area (Å²) in [6.07, 6.45) is 0.656. The van der Waals surface area contributed by atoms with Crippen molar-refractivity contribution in [2.75, 3.05) is 23.4 Å². The molecule has 6 heteroatoms. The molecule has 0 bridgehead atoms. The third-order valence-corrected chi connectivity index (χ3v) is 6.41. The minimum absolute atomic E-state index is 0.0208. The van der Waals surface area contributed by atoms with Crippen LogP contribution in [0.4, 0.5) is 5.69 Å². The zero-order valence-electron chi connectivity index (χ0n) is 14.3. The Morgan fingerprint density at radius 3 is 2.65 bits per heavy atom. The van der Waals surface area contributed by atoms with Crippen molar-refractivity contribution >= 4 is 32.9 Å². The molecule has 4 nitrogen and oxygen atoms in total. The normalized spacial score (nSPS) is 19.8. The molecule has 0 spiro atoms. The minimum Gasteiger partial charge on any atom is -0.345 e. The Balaban J connectivity index is 2.18. The van der Waals surface area contributed by atoms with Gasteiger partial charge in [0.15, 0.2) is 14.9 Å². The number of aryl methyl sites for hydroxylation is 1. The predicted octanol–water partition coefficient (Wildman–Crippen LogP) is 3.15. The number of hydrogen-bond donors (Lipinski definition) is 1. The molecule has 1 atom stereocenters. The number of benzene rings is 1. The van der Waals surface area contributed by atoms with E-state index in [0.717, 1.165) is 12.2 Å². The van der Waals surface area contributed by atoms with Gasteiger partial charge in [-0.3, -0.25) is 0 Å². The highest BCUT2D eigenvalue weighted by molar-refractivity contribution is 7.91. The fraction of sp³-hybridized carbons (Fsp3) is 0.588. The third kappa shape index (κ3) is 4.67. The molecule has 23 heavy (non-hydrogen) atoms. The van der Waals surface area contributed by atoms with Crippen LogP contribution < -0.4 is 5.32 Å². The van der Waals surface area contributed by atoms with Crippen molar-refractivity contribution in [1.29, 1.82) is 0 Å². The van der Waals surface area contributed by atoms with Gasteiger partial charge in [-0.15, -0.1) is 0 Å². The second-order valence-electron chi connectivity index (χ2n) is 6.78. The Morgan fingerprint density at radius 2 is 2.09 bits per heavy atom. The molecule has 1 saturated heterocycles. The molecule has 1 heterocycles. The Hall–Kier alpha value is -1.14. The lowest BCUT2D eigenvalue weighted by molar-refractivity contribution is 0.303. The van der Waals surface area contributed by atoms with E-state index in [-0.39, 0.29) is 17.5 Å². The molecule has 1 aliphatic heterocycles. The Kier molecular flexibility index (Phi) is 5.68. The number of nitrogens with zero attached hydrogens (tertiary/aromatic N) is 1. The maximum Gasteiger partial charge on any atom is 0.173 e. The second kappa shape index (κ2) is 7.18. The van der Waals surface area contributed by atoms with Gasteiger partial charge in [0.1, 0.15) is 0 Å². The van der Waals surface area contributed by atoms with Gasteiger partial charge in [-0.05, 0) is 55.6 Å². The molecular formula is C17H26N2O2S2. The highest BCUT2D eigenvalue weighted by Gasteiger charge is 2.33. The molecule has 1 fully saturated rings. The second-order valence-corrected chi connectivity index (χ2v) is 9.40. The van der Waals surface area contributed by atoms with Crippen molar-refractivity contribution in [2.45, 2.75) is 40.2 Å². The van der Waals surface area contributed by atoms with Crippen molar-refractivity contribution in [1.82, 2.24) is 4.90 Å². The Labute approximate surface area is 145 Å². The fourth-order valence-electron chi connectivity index (χ4n) is 2.89. The van der Waals surface area contributed by atoms with Crippen molar-refractivity contribution < 1.29 is 8.42 Å². The summed E-state index contributed by atoms with van der Waals surface area (Å²) in [5.41, 5.74) is 3.36. The van der Waals surface area contributed by atoms with Crippen molar-refractivity contribution in [3.05, 3.63) is 29.3 Å². The molecule has 0 unspecified atom stereocenters. The van der Waals surface area contributed by atoms with Crippen LogP contribution >= 0.6 is 12.2 Å². The molecule has 2 rings (SSSR count). The maximum absolute atomic E-state index is 11.8. The monoisotopic (exact) mass is 354 g/mol. The van der Waals surface area contributed by atoms with Crippen molar-refractivity contribution in [2.24, 2.45) is 5.92 Å². The van der Waals surface area contributed by atoms with Gasteiger partial charge < -0.3 is 10.2 Å². The first kappa shape index (κ1) is 18.2. The van der Waals surface area contributed by atoms with Gasteiger partial charge in [0, 0.05) is 18.3 Å². The molecule has 0 saturated carbocycles. The molecule has 0 aliphatic carbocycles. The summed E-state index contributed by atoms with van der Waals surface area (Å²) in [5.74, 6) is 0.879. The van der Waals surface area contributed by atoms with Crippen LogP contribution in [-0.4, -0.2) is 42.5 Å². The number of hydrogen-bond acceptors (Lipinski definition) is 3. The SMILES string of the molecule is Cc1cccc(NC(=S)N(CC(C)C)[C@@H]2CCS(=O)(=O)C2)c1C. The zero-order valence-corrected chi connectivity index (χ0v) is 15.9. The van der Waals surface area contributed by atoms with Crippen molar-refractivity contribution in [3.8, 4) is 0 Å². The topological polar surface area (TPSA) is 49.4 Å². The quantitative estimate of drug-likeness (QED) is 0.842. The number of rotatable bonds is 4.